The van der Waals surface area contributed by atoms with E-state index in [1.165, 1.54) is 12.1 Å². The summed E-state index contributed by atoms with van der Waals surface area (Å²) in [5.74, 6) is 0. The van der Waals surface area contributed by atoms with Gasteiger partial charge in [0, 0.05) is 17.7 Å². The molecular weight excluding hydrogens is 347 g/mol. The van der Waals surface area contributed by atoms with Crippen LogP contribution in [0.4, 0.5) is 13.2 Å². The van der Waals surface area contributed by atoms with E-state index >= 15 is 0 Å². The molecule has 5 nitrogen and oxygen atoms in total. The molecule has 0 bridgehead atoms. The normalized spacial score (nSPS) is 17.3. The summed E-state index contributed by atoms with van der Waals surface area (Å²) in [5, 5.41) is 7.74. The Morgan fingerprint density at radius 2 is 2.00 bits per heavy atom. The maximum atomic E-state index is 12.7. The third-order valence-corrected chi connectivity index (χ3v) is 4.37. The average molecular weight is 363 g/mol. The first kappa shape index (κ1) is 16.9. The largest absolute Gasteiger partial charge is 0.472 e. The van der Waals surface area contributed by atoms with Crippen LogP contribution in [0.3, 0.4) is 0 Å². The van der Waals surface area contributed by atoms with Crippen molar-refractivity contribution in [3.63, 3.8) is 0 Å². The summed E-state index contributed by atoms with van der Waals surface area (Å²) < 4.78 is 50.5. The van der Waals surface area contributed by atoms with Gasteiger partial charge < -0.3 is 14.5 Å². The second kappa shape index (κ2) is 6.62. The van der Waals surface area contributed by atoms with Crippen LogP contribution in [0.2, 0.25) is 0 Å². The predicted molar refractivity (Wildman–Crippen MR) is 86.5 cm³/mol. The van der Waals surface area contributed by atoms with Crippen molar-refractivity contribution in [2.45, 2.75) is 25.4 Å². The smallest absolute Gasteiger partial charge is 0.416 e. The van der Waals surface area contributed by atoms with Gasteiger partial charge in [-0.05, 0) is 30.3 Å². The summed E-state index contributed by atoms with van der Waals surface area (Å²) in [7, 11) is 0. The summed E-state index contributed by atoms with van der Waals surface area (Å²) in [6, 6.07) is 6.78. The second-order valence-electron chi connectivity index (χ2n) is 6.08. The Hall–Kier alpha value is -2.58. The van der Waals surface area contributed by atoms with E-state index in [9.17, 15) is 13.2 Å². The minimum Gasteiger partial charge on any atom is -0.472 e. The van der Waals surface area contributed by atoms with Crippen LogP contribution in [0.15, 0.2) is 53.5 Å². The second-order valence-corrected chi connectivity index (χ2v) is 6.08. The van der Waals surface area contributed by atoms with E-state index < -0.39 is 11.7 Å². The SMILES string of the molecule is FC(F)(F)c1ccc(-n2ncc3c2COCC3NCc2ccoc2)cc1. The Kier molecular flexibility index (Phi) is 4.29. The van der Waals surface area contributed by atoms with Gasteiger partial charge in [-0.15, -0.1) is 0 Å². The number of aromatic nitrogens is 2. The van der Waals surface area contributed by atoms with Crippen LogP contribution >= 0.6 is 0 Å². The Bertz CT molecular complexity index is 870. The molecule has 1 aliphatic heterocycles. The molecule has 1 aliphatic rings. The van der Waals surface area contributed by atoms with E-state index in [4.69, 9.17) is 9.15 Å². The molecular formula is C18H16F3N3O2. The molecule has 8 heteroatoms. The fourth-order valence-corrected chi connectivity index (χ4v) is 3.00. The van der Waals surface area contributed by atoms with Gasteiger partial charge in [-0.2, -0.15) is 18.3 Å². The number of hydrogen-bond donors (Lipinski definition) is 1. The third-order valence-electron chi connectivity index (χ3n) is 4.37. The Morgan fingerprint density at radius 1 is 1.19 bits per heavy atom. The van der Waals surface area contributed by atoms with E-state index in [1.54, 1.807) is 23.4 Å². The molecule has 2 aromatic heterocycles. The van der Waals surface area contributed by atoms with Gasteiger partial charge in [0.1, 0.15) is 0 Å². The summed E-state index contributed by atoms with van der Waals surface area (Å²) in [4.78, 5) is 0. The minimum absolute atomic E-state index is 0.0446. The van der Waals surface area contributed by atoms with Crippen LogP contribution in [-0.4, -0.2) is 16.4 Å². The molecule has 4 rings (SSSR count). The van der Waals surface area contributed by atoms with Crippen molar-refractivity contribution in [2.24, 2.45) is 0 Å². The monoisotopic (exact) mass is 363 g/mol. The van der Waals surface area contributed by atoms with Crippen molar-refractivity contribution in [3.8, 4) is 5.69 Å². The maximum Gasteiger partial charge on any atom is 0.416 e. The molecule has 3 heterocycles. The summed E-state index contributed by atoms with van der Waals surface area (Å²) >= 11 is 0. The molecule has 0 spiro atoms. The van der Waals surface area contributed by atoms with Gasteiger partial charge in [-0.25, -0.2) is 4.68 Å². The van der Waals surface area contributed by atoms with E-state index in [2.05, 4.69) is 10.4 Å². The topological polar surface area (TPSA) is 52.2 Å². The average Bonchev–Trinajstić information content (AvgIpc) is 3.29. The Balaban J connectivity index is 1.56. The molecule has 3 aromatic rings. The van der Waals surface area contributed by atoms with Crippen LogP contribution in [0.5, 0.6) is 0 Å². The predicted octanol–water partition coefficient (Wildman–Crippen LogP) is 3.85. The molecule has 1 atom stereocenters. The fraction of sp³-hybridized carbons (Fsp3) is 0.278. The van der Waals surface area contributed by atoms with Crippen molar-refractivity contribution >= 4 is 0 Å². The van der Waals surface area contributed by atoms with Crippen molar-refractivity contribution < 1.29 is 22.3 Å². The van der Waals surface area contributed by atoms with Gasteiger partial charge in [0.05, 0.1) is 54.9 Å². The van der Waals surface area contributed by atoms with Gasteiger partial charge >= 0.3 is 6.18 Å². The molecule has 0 aliphatic carbocycles. The number of rotatable bonds is 4. The number of hydrogen-bond acceptors (Lipinski definition) is 4. The third kappa shape index (κ3) is 3.25. The highest BCUT2D eigenvalue weighted by Gasteiger charge is 2.30. The number of nitrogens with one attached hydrogen (secondary N) is 1. The number of furan rings is 1. The van der Waals surface area contributed by atoms with Gasteiger partial charge in [0.25, 0.3) is 0 Å². The lowest BCUT2D eigenvalue weighted by molar-refractivity contribution is -0.137. The minimum atomic E-state index is -4.35. The molecule has 0 amide bonds. The number of ether oxygens (including phenoxy) is 1. The Labute approximate surface area is 147 Å². The number of benzene rings is 1. The molecule has 136 valence electrons. The van der Waals surface area contributed by atoms with Crippen LogP contribution in [0.25, 0.3) is 5.69 Å². The molecule has 0 radical (unpaired) electrons. The quantitative estimate of drug-likeness (QED) is 0.765. The standard InChI is InChI=1S/C18H16F3N3O2/c19-18(20,21)13-1-3-14(4-2-13)24-17-11-26-10-16(15(17)8-23-24)22-7-12-5-6-25-9-12/h1-6,8-9,16,22H,7,10-11H2. The van der Waals surface area contributed by atoms with Gasteiger partial charge in [0.15, 0.2) is 0 Å². The number of alkyl halides is 3. The van der Waals surface area contributed by atoms with Crippen molar-refractivity contribution in [1.29, 1.82) is 0 Å². The van der Waals surface area contributed by atoms with Crippen LogP contribution in [-0.2, 0) is 24.1 Å². The Morgan fingerprint density at radius 3 is 2.69 bits per heavy atom. The number of halogens is 3. The molecule has 0 saturated heterocycles. The van der Waals surface area contributed by atoms with Gasteiger partial charge in [-0.3, -0.25) is 0 Å². The summed E-state index contributed by atoms with van der Waals surface area (Å²) in [6.45, 7) is 1.49. The molecule has 0 fully saturated rings. The van der Waals surface area contributed by atoms with Gasteiger partial charge in [0.2, 0.25) is 0 Å². The van der Waals surface area contributed by atoms with Gasteiger partial charge in [-0.1, -0.05) is 0 Å². The summed E-state index contributed by atoms with van der Waals surface area (Å²) in [6.07, 6.45) is 0.668. The zero-order chi connectivity index (χ0) is 18.1. The molecule has 1 aromatic carbocycles. The lowest BCUT2D eigenvalue weighted by Gasteiger charge is -2.24. The van der Waals surface area contributed by atoms with E-state index in [-0.39, 0.29) is 6.04 Å². The summed E-state index contributed by atoms with van der Waals surface area (Å²) in [5.41, 5.74) is 2.73. The number of fused-ring (bicyclic) bond motifs is 1. The van der Waals surface area contributed by atoms with Crippen LogP contribution in [0.1, 0.15) is 28.4 Å². The van der Waals surface area contributed by atoms with Crippen LogP contribution in [0, 0.1) is 0 Å². The lowest BCUT2D eigenvalue weighted by Crippen LogP contribution is -2.29. The molecule has 1 unspecified atom stereocenters. The van der Waals surface area contributed by atoms with E-state index in [0.29, 0.717) is 25.4 Å². The first-order valence-electron chi connectivity index (χ1n) is 8.09. The van der Waals surface area contributed by atoms with E-state index in [0.717, 1.165) is 29.0 Å². The molecule has 0 saturated carbocycles. The molecule has 1 N–H and O–H groups in total. The first-order valence-corrected chi connectivity index (χ1v) is 8.09. The van der Waals surface area contributed by atoms with E-state index in [1.807, 2.05) is 6.07 Å². The van der Waals surface area contributed by atoms with Crippen molar-refractivity contribution in [3.05, 3.63) is 71.4 Å². The highest BCUT2D eigenvalue weighted by atomic mass is 19.4. The lowest BCUT2D eigenvalue weighted by atomic mass is 10.1. The zero-order valence-corrected chi connectivity index (χ0v) is 13.7. The number of nitrogens with zero attached hydrogens (tertiary/aromatic N) is 2. The van der Waals surface area contributed by atoms with Crippen molar-refractivity contribution in [1.82, 2.24) is 15.1 Å². The first-order chi connectivity index (χ1) is 12.5. The highest BCUT2D eigenvalue weighted by molar-refractivity contribution is 5.39. The van der Waals surface area contributed by atoms with Crippen LogP contribution < -0.4 is 5.32 Å². The highest BCUT2D eigenvalue weighted by Crippen LogP contribution is 2.31. The van der Waals surface area contributed by atoms with Crippen molar-refractivity contribution in [2.75, 3.05) is 6.61 Å². The fourth-order valence-electron chi connectivity index (χ4n) is 3.00. The maximum absolute atomic E-state index is 12.7. The molecule has 26 heavy (non-hydrogen) atoms. The zero-order valence-electron chi connectivity index (χ0n) is 13.7.